The Kier molecular flexibility index (Phi) is 5.21. The minimum atomic E-state index is -0.00977. The molecule has 1 amide bonds. The van der Waals surface area contributed by atoms with Gasteiger partial charge in [-0.1, -0.05) is 44.2 Å². The number of benzene rings is 2. The van der Waals surface area contributed by atoms with E-state index >= 15 is 0 Å². The van der Waals surface area contributed by atoms with E-state index in [2.05, 4.69) is 25.2 Å². The van der Waals surface area contributed by atoms with Crippen molar-refractivity contribution in [3.05, 3.63) is 59.2 Å². The number of aryl methyl sites for hydroxylation is 1. The topological polar surface area (TPSA) is 38.3 Å². The Morgan fingerprint density at radius 1 is 1.18 bits per heavy atom. The predicted octanol–water partition coefficient (Wildman–Crippen LogP) is 4.31. The number of hydrogen-bond acceptors (Lipinski definition) is 2. The minimum Gasteiger partial charge on any atom is -0.497 e. The first kappa shape index (κ1) is 16.1. The van der Waals surface area contributed by atoms with Crippen LogP contribution >= 0.6 is 0 Å². The number of amides is 1. The van der Waals surface area contributed by atoms with Gasteiger partial charge < -0.3 is 10.1 Å². The van der Waals surface area contributed by atoms with Crippen molar-refractivity contribution in [2.45, 2.75) is 33.1 Å². The number of rotatable bonds is 5. The molecule has 0 saturated carbocycles. The molecular weight excluding hydrogens is 274 g/mol. The van der Waals surface area contributed by atoms with Gasteiger partial charge in [0.25, 0.3) is 0 Å². The van der Waals surface area contributed by atoms with Crippen molar-refractivity contribution in [1.29, 1.82) is 0 Å². The van der Waals surface area contributed by atoms with Gasteiger partial charge in [0.15, 0.2) is 0 Å². The van der Waals surface area contributed by atoms with Crippen molar-refractivity contribution in [2.24, 2.45) is 0 Å². The second-order valence-corrected chi connectivity index (χ2v) is 5.77. The second kappa shape index (κ2) is 7.12. The summed E-state index contributed by atoms with van der Waals surface area (Å²) in [7, 11) is 1.63. The van der Waals surface area contributed by atoms with E-state index in [1.165, 1.54) is 5.56 Å². The number of ether oxygens (including phenoxy) is 1. The van der Waals surface area contributed by atoms with E-state index < -0.39 is 0 Å². The lowest BCUT2D eigenvalue weighted by molar-refractivity contribution is -0.115. The van der Waals surface area contributed by atoms with E-state index in [1.807, 2.05) is 43.3 Å². The molecule has 0 saturated heterocycles. The fraction of sp³-hybridized carbons (Fsp3) is 0.316. The predicted molar refractivity (Wildman–Crippen MR) is 90.6 cm³/mol. The average Bonchev–Trinajstić information content (AvgIpc) is 2.49. The van der Waals surface area contributed by atoms with E-state index in [-0.39, 0.29) is 5.91 Å². The highest BCUT2D eigenvalue weighted by Crippen LogP contribution is 2.27. The Balaban J connectivity index is 2.15. The van der Waals surface area contributed by atoms with E-state index in [1.54, 1.807) is 7.11 Å². The van der Waals surface area contributed by atoms with Crippen LogP contribution in [0.3, 0.4) is 0 Å². The molecule has 0 fully saturated rings. The third-order valence-electron chi connectivity index (χ3n) is 3.69. The van der Waals surface area contributed by atoms with Gasteiger partial charge in [-0.05, 0) is 41.7 Å². The lowest BCUT2D eigenvalue weighted by atomic mass is 9.98. The molecule has 0 aromatic heterocycles. The van der Waals surface area contributed by atoms with Crippen LogP contribution in [0, 0.1) is 6.92 Å². The molecule has 0 radical (unpaired) electrons. The first-order valence-electron chi connectivity index (χ1n) is 7.53. The first-order chi connectivity index (χ1) is 10.5. The first-order valence-corrected chi connectivity index (χ1v) is 7.53. The molecule has 2 rings (SSSR count). The normalized spacial score (nSPS) is 10.6. The smallest absolute Gasteiger partial charge is 0.228 e. The van der Waals surface area contributed by atoms with Crippen molar-refractivity contribution in [3.63, 3.8) is 0 Å². The third-order valence-corrected chi connectivity index (χ3v) is 3.69. The Labute approximate surface area is 132 Å². The lowest BCUT2D eigenvalue weighted by Gasteiger charge is -2.16. The van der Waals surface area contributed by atoms with Gasteiger partial charge in [0.05, 0.1) is 13.5 Å². The standard InChI is InChI=1S/C19H23NO2/c1-13(2)17-10-5-7-14(3)19(17)20-18(21)12-15-8-6-9-16(11-15)22-4/h5-11,13H,12H2,1-4H3,(H,20,21). The van der Waals surface area contributed by atoms with E-state index in [9.17, 15) is 4.79 Å². The highest BCUT2D eigenvalue weighted by Gasteiger charge is 2.12. The van der Waals surface area contributed by atoms with Crippen molar-refractivity contribution in [2.75, 3.05) is 12.4 Å². The number of anilines is 1. The summed E-state index contributed by atoms with van der Waals surface area (Å²) in [6.07, 6.45) is 0.336. The van der Waals surface area contributed by atoms with Gasteiger partial charge in [0, 0.05) is 5.69 Å². The SMILES string of the molecule is COc1cccc(CC(=O)Nc2c(C)cccc2C(C)C)c1. The molecule has 3 heteroatoms. The van der Waals surface area contributed by atoms with Crippen LogP contribution in [0.15, 0.2) is 42.5 Å². The Hall–Kier alpha value is -2.29. The molecule has 1 N–H and O–H groups in total. The van der Waals surface area contributed by atoms with Crippen LogP contribution < -0.4 is 10.1 Å². The van der Waals surface area contributed by atoms with Gasteiger partial charge in [-0.25, -0.2) is 0 Å². The summed E-state index contributed by atoms with van der Waals surface area (Å²) in [6, 6.07) is 13.7. The van der Waals surface area contributed by atoms with Crippen molar-refractivity contribution >= 4 is 11.6 Å². The van der Waals surface area contributed by atoms with E-state index in [0.29, 0.717) is 12.3 Å². The van der Waals surface area contributed by atoms with Gasteiger partial charge >= 0.3 is 0 Å². The van der Waals surface area contributed by atoms with Crippen LogP contribution in [-0.4, -0.2) is 13.0 Å². The highest BCUT2D eigenvalue weighted by atomic mass is 16.5. The molecule has 2 aromatic rings. The molecule has 0 bridgehead atoms. The molecule has 0 spiro atoms. The van der Waals surface area contributed by atoms with Crippen LogP contribution in [0.2, 0.25) is 0 Å². The Bertz CT molecular complexity index is 662. The summed E-state index contributed by atoms with van der Waals surface area (Å²) < 4.78 is 5.19. The molecule has 2 aromatic carbocycles. The number of nitrogens with one attached hydrogen (secondary N) is 1. The largest absolute Gasteiger partial charge is 0.497 e. The summed E-state index contributed by atoms with van der Waals surface area (Å²) >= 11 is 0. The average molecular weight is 297 g/mol. The monoisotopic (exact) mass is 297 g/mol. The van der Waals surface area contributed by atoms with Crippen molar-refractivity contribution in [1.82, 2.24) is 0 Å². The summed E-state index contributed by atoms with van der Waals surface area (Å²) in [4.78, 5) is 12.4. The molecule has 0 aliphatic rings. The highest BCUT2D eigenvalue weighted by molar-refractivity contribution is 5.94. The number of para-hydroxylation sites is 1. The van der Waals surface area contributed by atoms with Gasteiger partial charge in [-0.2, -0.15) is 0 Å². The Morgan fingerprint density at radius 2 is 1.91 bits per heavy atom. The maximum absolute atomic E-state index is 12.4. The summed E-state index contributed by atoms with van der Waals surface area (Å²) in [6.45, 7) is 6.28. The van der Waals surface area contributed by atoms with Gasteiger partial charge in [-0.3, -0.25) is 4.79 Å². The molecule has 0 atom stereocenters. The quantitative estimate of drug-likeness (QED) is 0.893. The van der Waals surface area contributed by atoms with Gasteiger partial charge in [0.1, 0.15) is 5.75 Å². The molecule has 22 heavy (non-hydrogen) atoms. The molecule has 0 unspecified atom stereocenters. The lowest BCUT2D eigenvalue weighted by Crippen LogP contribution is -2.16. The fourth-order valence-corrected chi connectivity index (χ4v) is 2.49. The summed E-state index contributed by atoms with van der Waals surface area (Å²) in [5.74, 6) is 1.13. The third kappa shape index (κ3) is 3.88. The zero-order valence-electron chi connectivity index (χ0n) is 13.6. The minimum absolute atomic E-state index is 0.00977. The zero-order valence-corrected chi connectivity index (χ0v) is 13.6. The second-order valence-electron chi connectivity index (χ2n) is 5.77. The maximum Gasteiger partial charge on any atom is 0.228 e. The van der Waals surface area contributed by atoms with Crippen LogP contribution in [0.4, 0.5) is 5.69 Å². The summed E-state index contributed by atoms with van der Waals surface area (Å²) in [5.41, 5.74) is 4.13. The van der Waals surface area contributed by atoms with Crippen LogP contribution in [-0.2, 0) is 11.2 Å². The molecule has 3 nitrogen and oxygen atoms in total. The number of methoxy groups -OCH3 is 1. The molecule has 116 valence electrons. The van der Waals surface area contributed by atoms with Crippen molar-refractivity contribution in [3.8, 4) is 5.75 Å². The van der Waals surface area contributed by atoms with Crippen LogP contribution in [0.5, 0.6) is 5.75 Å². The number of carbonyl (C=O) groups is 1. The molecule has 0 aliphatic carbocycles. The maximum atomic E-state index is 12.4. The van der Waals surface area contributed by atoms with Gasteiger partial charge in [-0.15, -0.1) is 0 Å². The molecule has 0 aliphatic heterocycles. The Morgan fingerprint density at radius 3 is 2.59 bits per heavy atom. The summed E-state index contributed by atoms with van der Waals surface area (Å²) in [5, 5.41) is 3.07. The van der Waals surface area contributed by atoms with Gasteiger partial charge in [0.2, 0.25) is 5.91 Å². The van der Waals surface area contributed by atoms with Crippen LogP contribution in [0.1, 0.15) is 36.5 Å². The number of hydrogen-bond donors (Lipinski definition) is 1. The van der Waals surface area contributed by atoms with E-state index in [0.717, 1.165) is 22.6 Å². The fourth-order valence-electron chi connectivity index (χ4n) is 2.49. The van der Waals surface area contributed by atoms with Crippen LogP contribution in [0.25, 0.3) is 0 Å². The number of carbonyl (C=O) groups excluding carboxylic acids is 1. The molecular formula is C19H23NO2. The van der Waals surface area contributed by atoms with Crippen molar-refractivity contribution < 1.29 is 9.53 Å². The van der Waals surface area contributed by atoms with E-state index in [4.69, 9.17) is 4.74 Å². The zero-order chi connectivity index (χ0) is 16.1. The molecule has 0 heterocycles.